The van der Waals surface area contributed by atoms with Crippen molar-refractivity contribution in [2.75, 3.05) is 19.6 Å². The number of carbonyl (C=O) groups is 1. The van der Waals surface area contributed by atoms with E-state index >= 15 is 0 Å². The highest BCUT2D eigenvalue weighted by Crippen LogP contribution is 2.28. The van der Waals surface area contributed by atoms with E-state index < -0.39 is 0 Å². The molecule has 5 rings (SSSR count). The van der Waals surface area contributed by atoms with Gasteiger partial charge in [0.25, 0.3) is 5.91 Å². The highest BCUT2D eigenvalue weighted by Gasteiger charge is 2.35. The van der Waals surface area contributed by atoms with Crippen molar-refractivity contribution in [2.24, 2.45) is 5.92 Å². The first-order chi connectivity index (χ1) is 10.8. The quantitative estimate of drug-likeness (QED) is 0.943. The summed E-state index contributed by atoms with van der Waals surface area (Å²) >= 11 is 0. The second kappa shape index (κ2) is 5.57. The minimum Gasteiger partial charge on any atom is -0.355 e. The molecule has 4 heterocycles. The summed E-state index contributed by atoms with van der Waals surface area (Å²) in [6.45, 7) is 3.29. The van der Waals surface area contributed by atoms with Crippen LogP contribution in [-0.2, 0) is 0 Å². The van der Waals surface area contributed by atoms with Crippen LogP contribution in [0, 0.1) is 5.92 Å². The smallest absolute Gasteiger partial charge is 0.273 e. The molecule has 1 aromatic carbocycles. The fourth-order valence-corrected chi connectivity index (χ4v) is 3.49. The first-order valence-corrected chi connectivity index (χ1v) is 7.85. The number of hydrogen-bond acceptors (Lipinski definition) is 4. The lowest BCUT2D eigenvalue weighted by atomic mass is 9.84. The Kier molecular flexibility index (Phi) is 3.42. The zero-order chi connectivity index (χ0) is 14.9. The van der Waals surface area contributed by atoms with Gasteiger partial charge in [0, 0.05) is 24.2 Å². The van der Waals surface area contributed by atoms with Gasteiger partial charge in [-0.2, -0.15) is 0 Å². The maximum absolute atomic E-state index is 12.4. The zero-order valence-electron chi connectivity index (χ0n) is 12.4. The van der Waals surface area contributed by atoms with Crippen molar-refractivity contribution in [3.8, 4) is 11.3 Å². The monoisotopic (exact) mass is 297 g/mol. The Hall–Kier alpha value is -2.14. The van der Waals surface area contributed by atoms with E-state index in [-0.39, 0.29) is 11.9 Å². The number of hydrogen-bond donors (Lipinski definition) is 1. The number of fused-ring (bicyclic) bond motifs is 3. The standard InChI is InChI=1S/C17H19N3O2/c21-17(18-15-11-20-8-6-12(15)7-9-20)14-10-16(22-19-14)13-4-2-1-3-5-13/h1-5,10,12,15H,6-9,11H2,(H,18,21). The number of carbonyl (C=O) groups excluding carboxylic acids is 1. The molecule has 3 aliphatic heterocycles. The lowest BCUT2D eigenvalue weighted by molar-refractivity contribution is 0.0616. The fourth-order valence-electron chi connectivity index (χ4n) is 3.49. The van der Waals surface area contributed by atoms with Gasteiger partial charge in [0.05, 0.1) is 0 Å². The molecule has 0 radical (unpaired) electrons. The van der Waals surface area contributed by atoms with Crippen LogP contribution >= 0.6 is 0 Å². The molecule has 0 aliphatic carbocycles. The minimum absolute atomic E-state index is 0.135. The van der Waals surface area contributed by atoms with Crippen LogP contribution in [0.4, 0.5) is 0 Å². The molecule has 0 saturated carbocycles. The third kappa shape index (κ3) is 2.52. The molecule has 1 unspecified atom stereocenters. The van der Waals surface area contributed by atoms with Crippen molar-refractivity contribution in [1.82, 2.24) is 15.4 Å². The predicted molar refractivity (Wildman–Crippen MR) is 82.4 cm³/mol. The number of rotatable bonds is 3. The Morgan fingerprint density at radius 1 is 1.23 bits per heavy atom. The van der Waals surface area contributed by atoms with E-state index in [1.54, 1.807) is 6.07 Å². The summed E-state index contributed by atoms with van der Waals surface area (Å²) in [7, 11) is 0. The molecule has 22 heavy (non-hydrogen) atoms. The van der Waals surface area contributed by atoms with Gasteiger partial charge in [0.2, 0.25) is 0 Å². The summed E-state index contributed by atoms with van der Waals surface area (Å²) in [6.07, 6.45) is 2.36. The minimum atomic E-state index is -0.135. The van der Waals surface area contributed by atoms with Crippen molar-refractivity contribution in [3.63, 3.8) is 0 Å². The number of piperidine rings is 3. The molecule has 5 nitrogen and oxygen atoms in total. The molecular formula is C17H19N3O2. The van der Waals surface area contributed by atoms with Gasteiger partial charge >= 0.3 is 0 Å². The highest BCUT2D eigenvalue weighted by molar-refractivity contribution is 5.93. The molecule has 1 aromatic heterocycles. The van der Waals surface area contributed by atoms with Gasteiger partial charge in [-0.3, -0.25) is 4.79 Å². The van der Waals surface area contributed by atoms with Gasteiger partial charge in [-0.1, -0.05) is 35.5 Å². The van der Waals surface area contributed by atoms with E-state index in [9.17, 15) is 4.79 Å². The van der Waals surface area contributed by atoms with Gasteiger partial charge in [-0.15, -0.1) is 0 Å². The Balaban J connectivity index is 1.46. The van der Waals surface area contributed by atoms with Crippen LogP contribution in [-0.4, -0.2) is 41.6 Å². The Morgan fingerprint density at radius 2 is 2.00 bits per heavy atom. The first kappa shape index (κ1) is 13.5. The van der Waals surface area contributed by atoms with Crippen LogP contribution in [0.15, 0.2) is 40.9 Å². The highest BCUT2D eigenvalue weighted by atomic mass is 16.5. The molecule has 1 atom stereocenters. The molecular weight excluding hydrogens is 278 g/mol. The molecule has 3 saturated heterocycles. The van der Waals surface area contributed by atoms with Crippen molar-refractivity contribution in [1.29, 1.82) is 0 Å². The molecule has 114 valence electrons. The Morgan fingerprint density at radius 3 is 2.68 bits per heavy atom. The largest absolute Gasteiger partial charge is 0.355 e. The number of benzene rings is 1. The number of nitrogens with one attached hydrogen (secondary N) is 1. The van der Waals surface area contributed by atoms with Crippen molar-refractivity contribution >= 4 is 5.91 Å². The summed E-state index contributed by atoms with van der Waals surface area (Å²) in [5, 5.41) is 7.05. The van der Waals surface area contributed by atoms with Crippen LogP contribution in [0.2, 0.25) is 0 Å². The molecule has 1 N–H and O–H groups in total. The van der Waals surface area contributed by atoms with Crippen molar-refractivity contribution in [3.05, 3.63) is 42.1 Å². The second-order valence-corrected chi connectivity index (χ2v) is 6.16. The van der Waals surface area contributed by atoms with Crippen LogP contribution in [0.5, 0.6) is 0 Å². The fraction of sp³-hybridized carbons (Fsp3) is 0.412. The molecule has 2 bridgehead atoms. The number of nitrogens with zero attached hydrogens (tertiary/aromatic N) is 2. The maximum atomic E-state index is 12.4. The average molecular weight is 297 g/mol. The summed E-state index contributed by atoms with van der Waals surface area (Å²) in [5.41, 5.74) is 1.28. The lowest BCUT2D eigenvalue weighted by Gasteiger charge is -2.44. The van der Waals surface area contributed by atoms with Crippen LogP contribution < -0.4 is 5.32 Å². The third-order valence-corrected chi connectivity index (χ3v) is 4.77. The first-order valence-electron chi connectivity index (χ1n) is 7.85. The van der Waals surface area contributed by atoms with E-state index in [1.807, 2.05) is 30.3 Å². The summed E-state index contributed by atoms with van der Waals surface area (Å²) in [5.74, 6) is 1.10. The van der Waals surface area contributed by atoms with Gasteiger partial charge < -0.3 is 14.7 Å². The van der Waals surface area contributed by atoms with E-state index in [4.69, 9.17) is 4.52 Å². The normalized spacial score (nSPS) is 26.8. The molecule has 5 heteroatoms. The molecule has 2 aromatic rings. The van der Waals surface area contributed by atoms with E-state index in [0.29, 0.717) is 17.4 Å². The maximum Gasteiger partial charge on any atom is 0.273 e. The topological polar surface area (TPSA) is 58.4 Å². The molecule has 1 amide bonds. The van der Waals surface area contributed by atoms with Gasteiger partial charge in [0.1, 0.15) is 0 Å². The zero-order valence-corrected chi connectivity index (χ0v) is 12.4. The van der Waals surface area contributed by atoms with E-state index in [2.05, 4.69) is 15.4 Å². The summed E-state index contributed by atoms with van der Waals surface area (Å²) < 4.78 is 5.30. The molecule has 3 aliphatic rings. The molecule has 0 spiro atoms. The second-order valence-electron chi connectivity index (χ2n) is 6.16. The number of aromatic nitrogens is 1. The summed E-state index contributed by atoms with van der Waals surface area (Å²) in [4.78, 5) is 14.8. The third-order valence-electron chi connectivity index (χ3n) is 4.77. The van der Waals surface area contributed by atoms with E-state index in [1.165, 1.54) is 25.9 Å². The summed E-state index contributed by atoms with van der Waals surface area (Å²) in [6, 6.07) is 11.7. The van der Waals surface area contributed by atoms with Crippen LogP contribution in [0.1, 0.15) is 23.3 Å². The van der Waals surface area contributed by atoms with E-state index in [0.717, 1.165) is 12.1 Å². The van der Waals surface area contributed by atoms with Gasteiger partial charge in [-0.25, -0.2) is 0 Å². The van der Waals surface area contributed by atoms with Gasteiger partial charge in [0.15, 0.2) is 11.5 Å². The van der Waals surface area contributed by atoms with Crippen molar-refractivity contribution in [2.45, 2.75) is 18.9 Å². The number of amides is 1. The predicted octanol–water partition coefficient (Wildman–Crippen LogP) is 2.17. The SMILES string of the molecule is O=C(NC1CN2CCC1CC2)c1cc(-c2ccccc2)on1. The Labute approximate surface area is 129 Å². The van der Waals surface area contributed by atoms with Crippen molar-refractivity contribution < 1.29 is 9.32 Å². The van der Waals surface area contributed by atoms with Gasteiger partial charge in [-0.05, 0) is 31.8 Å². The van der Waals surface area contributed by atoms with Crippen LogP contribution in [0.25, 0.3) is 11.3 Å². The average Bonchev–Trinajstić information content (AvgIpc) is 3.07. The van der Waals surface area contributed by atoms with Crippen LogP contribution in [0.3, 0.4) is 0 Å². The lowest BCUT2D eigenvalue weighted by Crippen LogP contribution is -2.57. The Bertz CT molecular complexity index is 660. The molecule has 3 fully saturated rings.